The van der Waals surface area contributed by atoms with Gasteiger partial charge in [0.2, 0.25) is 0 Å². The number of nitrogens with zero attached hydrogens (tertiary/aromatic N) is 1. The SMILES string of the molecule is CC(CC1CCCN1)Nc1cc([N+](=O)[O-])ccc1Cl. The molecule has 0 bridgehead atoms. The molecule has 0 amide bonds. The van der Waals surface area contributed by atoms with Crippen LogP contribution >= 0.6 is 11.6 Å². The molecule has 104 valence electrons. The summed E-state index contributed by atoms with van der Waals surface area (Å²) in [6, 6.07) is 5.20. The summed E-state index contributed by atoms with van der Waals surface area (Å²) in [5.74, 6) is 0. The molecular weight excluding hydrogens is 266 g/mol. The summed E-state index contributed by atoms with van der Waals surface area (Å²) in [5.41, 5.74) is 0.680. The minimum Gasteiger partial charge on any atom is -0.381 e. The van der Waals surface area contributed by atoms with Crippen LogP contribution in [0.4, 0.5) is 11.4 Å². The first-order chi connectivity index (χ1) is 9.06. The normalized spacial score (nSPS) is 20.2. The number of nitrogens with one attached hydrogen (secondary N) is 2. The highest BCUT2D eigenvalue weighted by atomic mass is 35.5. The molecule has 19 heavy (non-hydrogen) atoms. The van der Waals surface area contributed by atoms with Gasteiger partial charge in [-0.05, 0) is 38.8 Å². The third-order valence-corrected chi connectivity index (χ3v) is 3.69. The fraction of sp³-hybridized carbons (Fsp3) is 0.538. The zero-order valence-corrected chi connectivity index (χ0v) is 11.6. The fourth-order valence-electron chi connectivity index (χ4n) is 2.45. The van der Waals surface area contributed by atoms with Gasteiger partial charge >= 0.3 is 0 Å². The maximum Gasteiger partial charge on any atom is 0.271 e. The van der Waals surface area contributed by atoms with E-state index in [1.54, 1.807) is 6.07 Å². The van der Waals surface area contributed by atoms with Crippen LogP contribution in [0.5, 0.6) is 0 Å². The van der Waals surface area contributed by atoms with Crippen LogP contribution in [0.1, 0.15) is 26.2 Å². The molecule has 1 fully saturated rings. The lowest BCUT2D eigenvalue weighted by Crippen LogP contribution is -2.29. The smallest absolute Gasteiger partial charge is 0.271 e. The Bertz CT molecular complexity index is 461. The van der Waals surface area contributed by atoms with E-state index in [1.807, 2.05) is 0 Å². The van der Waals surface area contributed by atoms with Crippen molar-refractivity contribution in [3.63, 3.8) is 0 Å². The van der Waals surface area contributed by atoms with E-state index in [0.717, 1.165) is 13.0 Å². The molecule has 0 spiro atoms. The minimum absolute atomic E-state index is 0.0538. The molecule has 2 unspecified atom stereocenters. The van der Waals surface area contributed by atoms with Gasteiger partial charge in [-0.2, -0.15) is 0 Å². The van der Waals surface area contributed by atoms with Gasteiger partial charge in [0.25, 0.3) is 5.69 Å². The van der Waals surface area contributed by atoms with Gasteiger partial charge in [-0.1, -0.05) is 11.6 Å². The van der Waals surface area contributed by atoms with Crippen molar-refractivity contribution < 1.29 is 4.92 Å². The molecule has 2 N–H and O–H groups in total. The topological polar surface area (TPSA) is 67.2 Å². The third-order valence-electron chi connectivity index (χ3n) is 3.36. The molecule has 1 heterocycles. The van der Waals surface area contributed by atoms with Gasteiger partial charge in [0.05, 0.1) is 15.6 Å². The lowest BCUT2D eigenvalue weighted by Gasteiger charge is -2.19. The summed E-state index contributed by atoms with van der Waals surface area (Å²) in [5, 5.41) is 18.0. The highest BCUT2D eigenvalue weighted by Gasteiger charge is 2.18. The summed E-state index contributed by atoms with van der Waals surface area (Å²) < 4.78 is 0. The van der Waals surface area contributed by atoms with Crippen LogP contribution in [0, 0.1) is 10.1 Å². The van der Waals surface area contributed by atoms with Crippen molar-refractivity contribution in [1.29, 1.82) is 0 Å². The van der Waals surface area contributed by atoms with Crippen molar-refractivity contribution >= 4 is 23.0 Å². The second kappa shape index (κ2) is 6.21. The number of benzene rings is 1. The zero-order chi connectivity index (χ0) is 13.8. The average molecular weight is 284 g/mol. The molecule has 1 saturated heterocycles. The van der Waals surface area contributed by atoms with Crippen molar-refractivity contribution in [3.8, 4) is 0 Å². The van der Waals surface area contributed by atoms with Crippen molar-refractivity contribution in [2.45, 2.75) is 38.3 Å². The van der Waals surface area contributed by atoms with Crippen molar-refractivity contribution in [3.05, 3.63) is 33.3 Å². The Morgan fingerprint density at radius 3 is 3.05 bits per heavy atom. The van der Waals surface area contributed by atoms with Crippen molar-refractivity contribution in [2.24, 2.45) is 0 Å². The number of halogens is 1. The van der Waals surface area contributed by atoms with Crippen LogP contribution in [0.25, 0.3) is 0 Å². The standard InChI is InChI=1S/C13H18ClN3O2/c1-9(7-10-3-2-6-15-10)16-13-8-11(17(18)19)4-5-12(13)14/h4-5,8-10,15-16H,2-3,6-7H2,1H3. The van der Waals surface area contributed by atoms with Crippen LogP contribution in [-0.4, -0.2) is 23.6 Å². The van der Waals surface area contributed by atoms with Crippen LogP contribution in [0.15, 0.2) is 18.2 Å². The Labute approximate surface area is 117 Å². The van der Waals surface area contributed by atoms with Gasteiger partial charge in [0.15, 0.2) is 0 Å². The maximum atomic E-state index is 10.8. The molecular formula is C13H18ClN3O2. The Balaban J connectivity index is 2.00. The highest BCUT2D eigenvalue weighted by Crippen LogP contribution is 2.28. The Hall–Kier alpha value is -1.33. The van der Waals surface area contributed by atoms with E-state index < -0.39 is 4.92 Å². The molecule has 1 aromatic rings. The fourth-order valence-corrected chi connectivity index (χ4v) is 2.62. The first kappa shape index (κ1) is 14.1. The van der Waals surface area contributed by atoms with Crippen LogP contribution in [0.2, 0.25) is 5.02 Å². The molecule has 0 aliphatic carbocycles. The van der Waals surface area contributed by atoms with Gasteiger partial charge in [-0.25, -0.2) is 0 Å². The van der Waals surface area contributed by atoms with Gasteiger partial charge < -0.3 is 10.6 Å². The summed E-state index contributed by atoms with van der Waals surface area (Å²) >= 11 is 6.06. The number of hydrogen-bond acceptors (Lipinski definition) is 4. The molecule has 1 aliphatic heterocycles. The summed E-state index contributed by atoms with van der Waals surface area (Å²) in [6.07, 6.45) is 3.39. The van der Waals surface area contributed by atoms with Crippen LogP contribution < -0.4 is 10.6 Å². The van der Waals surface area contributed by atoms with E-state index in [1.165, 1.54) is 25.0 Å². The number of anilines is 1. The number of nitro groups is 1. The molecule has 5 nitrogen and oxygen atoms in total. The van der Waals surface area contributed by atoms with E-state index in [9.17, 15) is 10.1 Å². The predicted molar refractivity (Wildman–Crippen MR) is 76.8 cm³/mol. The lowest BCUT2D eigenvalue weighted by molar-refractivity contribution is -0.384. The van der Waals surface area contributed by atoms with Gasteiger partial charge in [-0.3, -0.25) is 10.1 Å². The molecule has 0 aromatic heterocycles. The second-order valence-electron chi connectivity index (χ2n) is 5.00. The quantitative estimate of drug-likeness (QED) is 0.643. The maximum absolute atomic E-state index is 10.8. The number of rotatable bonds is 5. The minimum atomic E-state index is -0.412. The van der Waals surface area contributed by atoms with Gasteiger partial charge in [0.1, 0.15) is 0 Å². The number of non-ortho nitro benzene ring substituents is 1. The van der Waals surface area contributed by atoms with Crippen molar-refractivity contribution in [1.82, 2.24) is 5.32 Å². The Kier molecular flexibility index (Phi) is 4.61. The van der Waals surface area contributed by atoms with E-state index in [0.29, 0.717) is 16.8 Å². The summed E-state index contributed by atoms with van der Waals surface area (Å²) in [7, 11) is 0. The van der Waals surface area contributed by atoms with Crippen LogP contribution in [0.3, 0.4) is 0 Å². The molecule has 2 atom stereocenters. The van der Waals surface area contributed by atoms with Crippen LogP contribution in [-0.2, 0) is 0 Å². The molecule has 1 aromatic carbocycles. The van der Waals surface area contributed by atoms with E-state index in [2.05, 4.69) is 17.6 Å². The Morgan fingerprint density at radius 1 is 1.63 bits per heavy atom. The second-order valence-corrected chi connectivity index (χ2v) is 5.40. The molecule has 2 rings (SSSR count). The van der Waals surface area contributed by atoms with E-state index in [4.69, 9.17) is 11.6 Å². The molecule has 0 saturated carbocycles. The highest BCUT2D eigenvalue weighted by molar-refractivity contribution is 6.33. The molecule has 6 heteroatoms. The lowest BCUT2D eigenvalue weighted by atomic mass is 10.1. The monoisotopic (exact) mass is 283 g/mol. The molecule has 0 radical (unpaired) electrons. The summed E-state index contributed by atoms with van der Waals surface area (Å²) in [4.78, 5) is 10.3. The molecule has 1 aliphatic rings. The largest absolute Gasteiger partial charge is 0.381 e. The number of nitro benzene ring substituents is 1. The third kappa shape index (κ3) is 3.81. The predicted octanol–water partition coefficient (Wildman–Crippen LogP) is 3.19. The van der Waals surface area contributed by atoms with E-state index >= 15 is 0 Å². The Morgan fingerprint density at radius 2 is 2.42 bits per heavy atom. The zero-order valence-electron chi connectivity index (χ0n) is 10.9. The van der Waals surface area contributed by atoms with Gasteiger partial charge in [-0.15, -0.1) is 0 Å². The van der Waals surface area contributed by atoms with Crippen molar-refractivity contribution in [2.75, 3.05) is 11.9 Å². The number of hydrogen-bond donors (Lipinski definition) is 2. The average Bonchev–Trinajstić information content (AvgIpc) is 2.84. The van der Waals surface area contributed by atoms with Gasteiger partial charge in [0, 0.05) is 24.2 Å². The van der Waals surface area contributed by atoms with E-state index in [-0.39, 0.29) is 11.7 Å². The summed E-state index contributed by atoms with van der Waals surface area (Å²) in [6.45, 7) is 3.14. The first-order valence-corrected chi connectivity index (χ1v) is 6.88. The first-order valence-electron chi connectivity index (χ1n) is 6.50.